The van der Waals surface area contributed by atoms with E-state index in [-0.39, 0.29) is 23.9 Å². The zero-order valence-electron chi connectivity index (χ0n) is 18.0. The fourth-order valence-corrected chi connectivity index (χ4v) is 3.59. The molecule has 0 bridgehead atoms. The molecule has 0 heterocycles. The minimum atomic E-state index is -0.208. The summed E-state index contributed by atoms with van der Waals surface area (Å²) in [4.78, 5) is 11.7. The number of unbranched alkanes of at least 4 members (excludes halogenated alkanes) is 3. The van der Waals surface area contributed by atoms with Crippen molar-refractivity contribution < 1.29 is 24.5 Å². The van der Waals surface area contributed by atoms with Gasteiger partial charge in [0.05, 0.1) is 19.6 Å². The molecule has 0 unspecified atom stereocenters. The van der Waals surface area contributed by atoms with Crippen LogP contribution >= 0.6 is 0 Å². The Morgan fingerprint density at radius 3 is 2.52 bits per heavy atom. The third-order valence-corrected chi connectivity index (χ3v) is 5.24. The molecule has 5 nitrogen and oxygen atoms in total. The molecule has 0 spiro atoms. The second kappa shape index (κ2) is 11.3. The number of hydrogen-bond acceptors (Lipinski definition) is 5. The summed E-state index contributed by atoms with van der Waals surface area (Å²) < 4.78 is 10.9. The fourth-order valence-electron chi connectivity index (χ4n) is 3.59. The number of rotatable bonds is 11. The molecule has 31 heavy (non-hydrogen) atoms. The van der Waals surface area contributed by atoms with E-state index in [1.54, 1.807) is 6.07 Å². The first-order valence-corrected chi connectivity index (χ1v) is 10.9. The van der Waals surface area contributed by atoms with Crippen molar-refractivity contribution in [1.29, 1.82) is 0 Å². The third-order valence-electron chi connectivity index (χ3n) is 5.24. The van der Waals surface area contributed by atoms with Crippen molar-refractivity contribution in [3.63, 3.8) is 0 Å². The lowest BCUT2D eigenvalue weighted by atomic mass is 10.0. The van der Waals surface area contributed by atoms with Crippen LogP contribution in [0.25, 0.3) is 10.8 Å². The Kier molecular flexibility index (Phi) is 8.16. The monoisotopic (exact) mass is 422 g/mol. The van der Waals surface area contributed by atoms with Gasteiger partial charge in [-0.2, -0.15) is 0 Å². The van der Waals surface area contributed by atoms with Crippen molar-refractivity contribution in [2.75, 3.05) is 13.2 Å². The van der Waals surface area contributed by atoms with E-state index in [2.05, 4.69) is 0 Å². The van der Waals surface area contributed by atoms with Crippen molar-refractivity contribution in [1.82, 2.24) is 0 Å². The van der Waals surface area contributed by atoms with E-state index in [0.29, 0.717) is 13.2 Å². The number of phenolic OH excluding ortho intramolecular Hbond substituents is 2. The summed E-state index contributed by atoms with van der Waals surface area (Å²) in [6, 6.07) is 17.1. The van der Waals surface area contributed by atoms with Gasteiger partial charge in [-0.05, 0) is 66.3 Å². The van der Waals surface area contributed by atoms with Crippen LogP contribution in [0.5, 0.6) is 17.2 Å². The SMILES string of the molecule is CCOC(=O)Cc1ccc2cc(OCCCCCCc3cccc(O)c3O)ccc2c1. The molecule has 0 radical (unpaired) electrons. The van der Waals surface area contributed by atoms with Gasteiger partial charge in [-0.1, -0.05) is 49.2 Å². The molecule has 3 aromatic carbocycles. The topological polar surface area (TPSA) is 76.0 Å². The van der Waals surface area contributed by atoms with Gasteiger partial charge in [-0.3, -0.25) is 4.79 Å². The summed E-state index contributed by atoms with van der Waals surface area (Å²) in [7, 11) is 0. The number of para-hydroxylation sites is 1. The van der Waals surface area contributed by atoms with Gasteiger partial charge in [0.1, 0.15) is 5.75 Å². The maximum atomic E-state index is 11.7. The number of fused-ring (bicyclic) bond motifs is 1. The summed E-state index contributed by atoms with van der Waals surface area (Å²) in [5.74, 6) is 0.572. The van der Waals surface area contributed by atoms with Crippen LogP contribution in [-0.2, 0) is 22.4 Å². The van der Waals surface area contributed by atoms with Crippen LogP contribution in [0.1, 0.15) is 43.7 Å². The summed E-state index contributed by atoms with van der Waals surface area (Å²) >= 11 is 0. The Hall–Kier alpha value is -3.21. The molecule has 3 rings (SSSR count). The van der Waals surface area contributed by atoms with Crippen LogP contribution in [-0.4, -0.2) is 29.4 Å². The highest BCUT2D eigenvalue weighted by molar-refractivity contribution is 5.85. The zero-order valence-corrected chi connectivity index (χ0v) is 18.0. The summed E-state index contributed by atoms with van der Waals surface area (Å²) in [6.07, 6.45) is 5.05. The van der Waals surface area contributed by atoms with E-state index in [1.165, 1.54) is 6.07 Å². The number of carbonyl (C=O) groups excluding carboxylic acids is 1. The number of benzene rings is 3. The molecule has 0 saturated heterocycles. The Morgan fingerprint density at radius 1 is 0.903 bits per heavy atom. The molecule has 164 valence electrons. The first-order valence-electron chi connectivity index (χ1n) is 10.9. The number of ether oxygens (including phenoxy) is 2. The molecule has 5 heteroatoms. The number of hydrogen-bond donors (Lipinski definition) is 2. The second-order valence-corrected chi connectivity index (χ2v) is 7.62. The van der Waals surface area contributed by atoms with Crippen LogP contribution in [0.15, 0.2) is 54.6 Å². The average molecular weight is 423 g/mol. The quantitative estimate of drug-likeness (QED) is 0.241. The molecule has 3 aromatic rings. The Labute approximate surface area is 183 Å². The molecule has 0 saturated carbocycles. The van der Waals surface area contributed by atoms with Gasteiger partial charge in [0.2, 0.25) is 0 Å². The molecule has 0 atom stereocenters. The van der Waals surface area contributed by atoms with E-state index >= 15 is 0 Å². The molecule has 0 fully saturated rings. The molecule has 0 aliphatic carbocycles. The Morgan fingerprint density at radius 2 is 1.68 bits per heavy atom. The lowest BCUT2D eigenvalue weighted by Crippen LogP contribution is -2.07. The highest BCUT2D eigenvalue weighted by Gasteiger charge is 2.06. The van der Waals surface area contributed by atoms with Gasteiger partial charge < -0.3 is 19.7 Å². The molecular weight excluding hydrogens is 392 g/mol. The molecule has 0 amide bonds. The average Bonchev–Trinajstić information content (AvgIpc) is 2.76. The zero-order chi connectivity index (χ0) is 22.1. The maximum absolute atomic E-state index is 11.7. The predicted octanol–water partition coefficient (Wildman–Crippen LogP) is 5.54. The largest absolute Gasteiger partial charge is 0.504 e. The van der Waals surface area contributed by atoms with Gasteiger partial charge in [-0.25, -0.2) is 0 Å². The van der Waals surface area contributed by atoms with Gasteiger partial charge >= 0.3 is 5.97 Å². The van der Waals surface area contributed by atoms with Crippen LogP contribution in [0.2, 0.25) is 0 Å². The van der Waals surface area contributed by atoms with Crippen molar-refractivity contribution in [3.8, 4) is 17.2 Å². The molecule has 2 N–H and O–H groups in total. The van der Waals surface area contributed by atoms with Crippen molar-refractivity contribution >= 4 is 16.7 Å². The maximum Gasteiger partial charge on any atom is 0.310 e. The highest BCUT2D eigenvalue weighted by Crippen LogP contribution is 2.29. The van der Waals surface area contributed by atoms with Gasteiger partial charge in [0.25, 0.3) is 0 Å². The van der Waals surface area contributed by atoms with Crippen LogP contribution in [0.4, 0.5) is 0 Å². The van der Waals surface area contributed by atoms with E-state index in [1.807, 2.05) is 49.4 Å². The number of phenols is 2. The molecule has 0 aliphatic rings. The number of carbonyl (C=O) groups is 1. The Bertz CT molecular complexity index is 1010. The van der Waals surface area contributed by atoms with Gasteiger partial charge in [-0.15, -0.1) is 0 Å². The van der Waals surface area contributed by atoms with Gasteiger partial charge in [0.15, 0.2) is 11.5 Å². The Balaban J connectivity index is 1.39. The molecule has 0 aromatic heterocycles. The summed E-state index contributed by atoms with van der Waals surface area (Å²) in [5, 5.41) is 21.5. The number of aromatic hydroxyl groups is 2. The summed E-state index contributed by atoms with van der Waals surface area (Å²) in [6.45, 7) is 2.86. The van der Waals surface area contributed by atoms with Gasteiger partial charge in [0, 0.05) is 0 Å². The number of esters is 1. The standard InChI is InChI=1S/C26H30O5/c1-2-30-25(28)17-19-11-12-22-18-23(14-13-21(22)16-19)31-15-6-4-3-5-8-20-9-7-10-24(27)26(20)29/h7,9-14,16,18,27,29H,2-6,8,15,17H2,1H3. The smallest absolute Gasteiger partial charge is 0.310 e. The minimum Gasteiger partial charge on any atom is -0.504 e. The van der Waals surface area contributed by atoms with E-state index < -0.39 is 0 Å². The van der Waals surface area contributed by atoms with E-state index in [9.17, 15) is 15.0 Å². The lowest BCUT2D eigenvalue weighted by molar-refractivity contribution is -0.142. The highest BCUT2D eigenvalue weighted by atomic mass is 16.5. The van der Waals surface area contributed by atoms with Crippen molar-refractivity contribution in [3.05, 3.63) is 65.7 Å². The van der Waals surface area contributed by atoms with Crippen LogP contribution in [0, 0.1) is 0 Å². The van der Waals surface area contributed by atoms with E-state index in [0.717, 1.165) is 59.8 Å². The fraction of sp³-hybridized carbons (Fsp3) is 0.346. The molecular formula is C26H30O5. The first-order chi connectivity index (χ1) is 15.1. The van der Waals surface area contributed by atoms with Crippen molar-refractivity contribution in [2.24, 2.45) is 0 Å². The van der Waals surface area contributed by atoms with E-state index in [4.69, 9.17) is 9.47 Å². The number of aryl methyl sites for hydroxylation is 1. The predicted molar refractivity (Wildman–Crippen MR) is 122 cm³/mol. The van der Waals surface area contributed by atoms with Crippen LogP contribution in [0.3, 0.4) is 0 Å². The second-order valence-electron chi connectivity index (χ2n) is 7.62. The molecule has 0 aliphatic heterocycles. The third kappa shape index (κ3) is 6.64. The normalized spacial score (nSPS) is 10.9. The summed E-state index contributed by atoms with van der Waals surface area (Å²) in [5.41, 5.74) is 1.73. The first kappa shape index (κ1) is 22.5. The minimum absolute atomic E-state index is 0.00449. The van der Waals surface area contributed by atoms with Crippen LogP contribution < -0.4 is 4.74 Å². The van der Waals surface area contributed by atoms with Crippen molar-refractivity contribution in [2.45, 2.75) is 45.4 Å². The lowest BCUT2D eigenvalue weighted by Gasteiger charge is -2.09.